The summed E-state index contributed by atoms with van der Waals surface area (Å²) in [5.74, 6) is 0.903. The number of aromatic hydroxyl groups is 1. The minimum Gasteiger partial charge on any atom is -0.506 e. The minimum absolute atomic E-state index is 0. The second-order valence-electron chi connectivity index (χ2n) is 6.88. The van der Waals surface area contributed by atoms with Gasteiger partial charge >= 0.3 is 0 Å². The number of nitrogens with one attached hydrogen (secondary N) is 2. The van der Waals surface area contributed by atoms with E-state index in [1.807, 2.05) is 24.3 Å². The molecule has 0 aromatic carbocycles. The fourth-order valence-corrected chi connectivity index (χ4v) is 3.21. The fourth-order valence-electron chi connectivity index (χ4n) is 3.21. The lowest BCUT2D eigenvalue weighted by molar-refractivity contribution is 0.475. The van der Waals surface area contributed by atoms with Crippen molar-refractivity contribution in [3.05, 3.63) is 54.5 Å². The first-order valence-corrected chi connectivity index (χ1v) is 9.33. The van der Waals surface area contributed by atoms with Crippen LogP contribution >= 0.6 is 24.8 Å². The average molecular weight is 450 g/mol. The van der Waals surface area contributed by atoms with E-state index in [0.717, 1.165) is 36.7 Å². The molecule has 4 heterocycles. The van der Waals surface area contributed by atoms with E-state index in [2.05, 4.69) is 42.6 Å². The molecule has 0 radical (unpaired) electrons. The Morgan fingerprint density at radius 1 is 1.20 bits per heavy atom. The van der Waals surface area contributed by atoms with Crippen LogP contribution in [0.3, 0.4) is 0 Å². The fraction of sp³-hybridized carbons (Fsp3) is 0.300. The Kier molecular flexibility index (Phi) is 8.58. The zero-order valence-corrected chi connectivity index (χ0v) is 18.2. The molecule has 0 bridgehead atoms. The van der Waals surface area contributed by atoms with Crippen molar-refractivity contribution in [2.24, 2.45) is 0 Å². The highest BCUT2D eigenvalue weighted by Crippen LogP contribution is 2.28. The summed E-state index contributed by atoms with van der Waals surface area (Å²) in [6.07, 6.45) is 5.21. The SMILES string of the molecule is CC1CN(c2ccc(-c3ncc(NCc4cccnc4)cc3O)nn2)CCN1.Cl.Cl. The first kappa shape index (κ1) is 23.6. The van der Waals surface area contributed by atoms with E-state index in [1.165, 1.54) is 0 Å². The molecule has 0 saturated carbocycles. The van der Waals surface area contributed by atoms with Crippen LogP contribution in [-0.4, -0.2) is 50.9 Å². The molecule has 1 atom stereocenters. The van der Waals surface area contributed by atoms with Crippen molar-refractivity contribution >= 4 is 36.3 Å². The van der Waals surface area contributed by atoms with Gasteiger partial charge in [0.1, 0.15) is 17.1 Å². The standard InChI is InChI=1S/C20H23N7O.2ClH/c1-14-13-27(8-7-22-14)19-5-4-17(25-26-19)20-18(28)9-16(12-24-20)23-11-15-3-2-6-21-10-15;;/h2-6,9-10,12,14,22-23,28H,7-8,11,13H2,1H3;2*1H. The second kappa shape index (κ2) is 10.9. The van der Waals surface area contributed by atoms with Gasteiger partial charge in [-0.3, -0.25) is 4.98 Å². The molecule has 8 nitrogen and oxygen atoms in total. The maximum absolute atomic E-state index is 10.4. The highest BCUT2D eigenvalue weighted by molar-refractivity contribution is 5.85. The van der Waals surface area contributed by atoms with Crippen LogP contribution in [0.5, 0.6) is 5.75 Å². The monoisotopic (exact) mass is 449 g/mol. The highest BCUT2D eigenvalue weighted by Gasteiger charge is 2.18. The molecule has 3 aromatic rings. The molecule has 4 rings (SSSR count). The predicted octanol–water partition coefficient (Wildman–Crippen LogP) is 2.89. The third-order valence-electron chi connectivity index (χ3n) is 4.67. The summed E-state index contributed by atoms with van der Waals surface area (Å²) < 4.78 is 0. The van der Waals surface area contributed by atoms with Crippen LogP contribution in [0.2, 0.25) is 0 Å². The van der Waals surface area contributed by atoms with Crippen LogP contribution in [-0.2, 0) is 6.54 Å². The van der Waals surface area contributed by atoms with Crippen molar-refractivity contribution in [3.63, 3.8) is 0 Å². The van der Waals surface area contributed by atoms with Crippen LogP contribution in [0, 0.1) is 0 Å². The van der Waals surface area contributed by atoms with E-state index in [4.69, 9.17) is 0 Å². The van der Waals surface area contributed by atoms with Crippen molar-refractivity contribution < 1.29 is 5.11 Å². The predicted molar refractivity (Wildman–Crippen MR) is 123 cm³/mol. The number of hydrogen-bond acceptors (Lipinski definition) is 8. The van der Waals surface area contributed by atoms with Crippen LogP contribution in [0.4, 0.5) is 11.5 Å². The number of pyridine rings is 2. The molecule has 1 saturated heterocycles. The Balaban J connectivity index is 0.00000160. The molecule has 0 amide bonds. The summed E-state index contributed by atoms with van der Waals surface area (Å²) in [7, 11) is 0. The number of piperazine rings is 1. The molecule has 1 fully saturated rings. The normalized spacial score (nSPS) is 15.6. The third-order valence-corrected chi connectivity index (χ3v) is 4.67. The molecule has 1 unspecified atom stereocenters. The summed E-state index contributed by atoms with van der Waals surface area (Å²) in [6, 6.07) is 9.71. The zero-order chi connectivity index (χ0) is 19.3. The number of halogens is 2. The number of aromatic nitrogens is 4. The van der Waals surface area contributed by atoms with Gasteiger partial charge in [-0.05, 0) is 30.7 Å². The van der Waals surface area contributed by atoms with E-state index in [1.54, 1.807) is 24.7 Å². The minimum atomic E-state index is 0. The Hall–Kier alpha value is -2.68. The maximum atomic E-state index is 10.4. The number of anilines is 2. The molecule has 160 valence electrons. The zero-order valence-electron chi connectivity index (χ0n) is 16.5. The van der Waals surface area contributed by atoms with Gasteiger partial charge in [0.25, 0.3) is 0 Å². The summed E-state index contributed by atoms with van der Waals surface area (Å²) in [4.78, 5) is 10.7. The van der Waals surface area contributed by atoms with E-state index in [0.29, 0.717) is 24.0 Å². The number of nitrogens with zero attached hydrogens (tertiary/aromatic N) is 5. The molecule has 3 aromatic heterocycles. The van der Waals surface area contributed by atoms with E-state index in [-0.39, 0.29) is 30.6 Å². The molecule has 0 aliphatic carbocycles. The topological polar surface area (TPSA) is 99.1 Å². The van der Waals surface area contributed by atoms with Crippen LogP contribution < -0.4 is 15.5 Å². The highest BCUT2D eigenvalue weighted by atomic mass is 35.5. The molecule has 1 aliphatic rings. The van der Waals surface area contributed by atoms with Gasteiger partial charge in [-0.25, -0.2) is 4.98 Å². The van der Waals surface area contributed by atoms with Crippen molar-refractivity contribution in [2.75, 3.05) is 29.9 Å². The smallest absolute Gasteiger partial charge is 0.151 e. The van der Waals surface area contributed by atoms with Crippen LogP contribution in [0.15, 0.2) is 48.9 Å². The van der Waals surface area contributed by atoms with Crippen LogP contribution in [0.1, 0.15) is 12.5 Å². The van der Waals surface area contributed by atoms with Gasteiger partial charge in [0, 0.05) is 50.7 Å². The third kappa shape index (κ3) is 5.69. The van der Waals surface area contributed by atoms with Gasteiger partial charge in [-0.2, -0.15) is 0 Å². The van der Waals surface area contributed by atoms with Crippen molar-refractivity contribution in [3.8, 4) is 17.1 Å². The molecule has 10 heteroatoms. The second-order valence-corrected chi connectivity index (χ2v) is 6.88. The Bertz CT molecular complexity index is 928. The molecule has 0 spiro atoms. The van der Waals surface area contributed by atoms with Crippen molar-refractivity contribution in [1.82, 2.24) is 25.5 Å². The van der Waals surface area contributed by atoms with Crippen LogP contribution in [0.25, 0.3) is 11.4 Å². The Morgan fingerprint density at radius 2 is 2.07 bits per heavy atom. The van der Waals surface area contributed by atoms with Gasteiger partial charge in [0.15, 0.2) is 5.82 Å². The van der Waals surface area contributed by atoms with Crippen molar-refractivity contribution in [2.45, 2.75) is 19.5 Å². The Morgan fingerprint density at radius 3 is 2.73 bits per heavy atom. The quantitative estimate of drug-likeness (QED) is 0.546. The molecular formula is C20H25Cl2N7O. The maximum Gasteiger partial charge on any atom is 0.151 e. The number of rotatable bonds is 5. The van der Waals surface area contributed by atoms with Gasteiger partial charge in [0.2, 0.25) is 0 Å². The van der Waals surface area contributed by atoms with Gasteiger partial charge in [-0.15, -0.1) is 35.0 Å². The number of hydrogen-bond donors (Lipinski definition) is 3. The Labute approximate surface area is 188 Å². The average Bonchev–Trinajstić information content (AvgIpc) is 2.73. The first-order valence-electron chi connectivity index (χ1n) is 9.33. The summed E-state index contributed by atoms with van der Waals surface area (Å²) in [6.45, 7) is 5.49. The summed E-state index contributed by atoms with van der Waals surface area (Å²) in [5, 5.41) is 25.6. The lowest BCUT2D eigenvalue weighted by Gasteiger charge is -2.32. The van der Waals surface area contributed by atoms with E-state index < -0.39 is 0 Å². The van der Waals surface area contributed by atoms with E-state index in [9.17, 15) is 5.11 Å². The van der Waals surface area contributed by atoms with Crippen molar-refractivity contribution in [1.29, 1.82) is 0 Å². The van der Waals surface area contributed by atoms with Gasteiger partial charge in [0.05, 0.1) is 11.9 Å². The largest absolute Gasteiger partial charge is 0.506 e. The summed E-state index contributed by atoms with van der Waals surface area (Å²) in [5.41, 5.74) is 2.74. The van der Waals surface area contributed by atoms with Gasteiger partial charge < -0.3 is 20.6 Å². The lowest BCUT2D eigenvalue weighted by atomic mass is 10.2. The summed E-state index contributed by atoms with van der Waals surface area (Å²) >= 11 is 0. The van der Waals surface area contributed by atoms with Gasteiger partial charge in [-0.1, -0.05) is 6.07 Å². The molecule has 3 N–H and O–H groups in total. The lowest BCUT2D eigenvalue weighted by Crippen LogP contribution is -2.49. The molecular weight excluding hydrogens is 425 g/mol. The van der Waals surface area contributed by atoms with E-state index >= 15 is 0 Å². The first-order chi connectivity index (χ1) is 13.7. The molecule has 1 aliphatic heterocycles. The molecule has 30 heavy (non-hydrogen) atoms.